The van der Waals surface area contributed by atoms with Crippen LogP contribution in [0.15, 0.2) is 84.0 Å². The molecule has 0 bridgehead atoms. The van der Waals surface area contributed by atoms with E-state index in [0.717, 1.165) is 5.56 Å². The summed E-state index contributed by atoms with van der Waals surface area (Å²) in [4.78, 5) is 1.20. The first-order valence-electron chi connectivity index (χ1n) is 9.80. The Morgan fingerprint density at radius 3 is 2.70 bits per heavy atom. The summed E-state index contributed by atoms with van der Waals surface area (Å²) < 4.78 is 11.0. The minimum atomic E-state index is -0.0276. The molecule has 2 N–H and O–H groups in total. The lowest BCUT2D eigenvalue weighted by atomic mass is 9.81. The number of methoxy groups -OCH3 is 1. The van der Waals surface area contributed by atoms with Crippen molar-refractivity contribution in [1.82, 2.24) is 9.29 Å². The van der Waals surface area contributed by atoms with Gasteiger partial charge in [-0.3, -0.25) is 0 Å². The van der Waals surface area contributed by atoms with E-state index >= 15 is 0 Å². The number of para-hydroxylation sites is 1. The molecule has 0 saturated carbocycles. The number of rotatable bonds is 4. The Kier molecular flexibility index (Phi) is 4.68. The monoisotopic (exact) mass is 414 g/mol. The molecule has 30 heavy (non-hydrogen) atoms. The summed E-state index contributed by atoms with van der Waals surface area (Å²) >= 11 is 1.62. The highest BCUT2D eigenvalue weighted by atomic mass is 32.2. The van der Waals surface area contributed by atoms with Crippen LogP contribution >= 0.6 is 11.9 Å². The van der Waals surface area contributed by atoms with Crippen molar-refractivity contribution in [2.75, 3.05) is 7.11 Å². The van der Waals surface area contributed by atoms with E-state index in [4.69, 9.17) is 4.74 Å². The number of phenolic OH excluding ortho intramolecular Hbond substituents is 1. The summed E-state index contributed by atoms with van der Waals surface area (Å²) in [6, 6.07) is 22.5. The topological polar surface area (TPSA) is 46.4 Å². The molecule has 0 fully saturated rings. The molecule has 3 aromatic carbocycles. The number of aromatic nitrogens is 1. The molecule has 4 aromatic rings. The van der Waals surface area contributed by atoms with E-state index in [1.54, 1.807) is 25.1 Å². The Labute approximate surface area is 179 Å². The molecule has 1 unspecified atom stereocenters. The number of hydrogen-bond acceptors (Lipinski definition) is 4. The first-order valence-corrected chi connectivity index (χ1v) is 10.6. The number of fused-ring (bicyclic) bond motifs is 2. The molecule has 0 saturated heterocycles. The smallest absolute Gasteiger partial charge is 0.160 e. The first kappa shape index (κ1) is 18.7. The minimum absolute atomic E-state index is 0.0276. The Balaban J connectivity index is 1.78. The van der Waals surface area contributed by atoms with Gasteiger partial charge < -0.3 is 19.1 Å². The Morgan fingerprint density at radius 2 is 1.83 bits per heavy atom. The van der Waals surface area contributed by atoms with Crippen molar-refractivity contribution in [2.45, 2.75) is 10.8 Å². The normalized spacial score (nSPS) is 14.0. The summed E-state index contributed by atoms with van der Waals surface area (Å²) in [5, 5.41) is 11.4. The van der Waals surface area contributed by atoms with Gasteiger partial charge in [-0.25, -0.2) is 0 Å². The standard InChI is InChI=1S/C25H22N2O2S/c1-27-15-20(17-7-3-5-9-21(17)27)25(16-11-12-22(28)23(13-16)29-2)19-14-26-30-24-10-6-4-8-18(19)24/h3-15,25-26,28H,1-2H3. The predicted octanol–water partition coefficient (Wildman–Crippen LogP) is 5.68. The van der Waals surface area contributed by atoms with Crippen LogP contribution in [0.25, 0.3) is 16.5 Å². The Hall–Kier alpha value is -3.31. The molecule has 5 rings (SSSR count). The van der Waals surface area contributed by atoms with Crippen molar-refractivity contribution in [2.24, 2.45) is 7.05 Å². The lowest BCUT2D eigenvalue weighted by molar-refractivity contribution is 0.373. The third kappa shape index (κ3) is 3.02. The van der Waals surface area contributed by atoms with E-state index in [2.05, 4.69) is 77.3 Å². The van der Waals surface area contributed by atoms with Crippen molar-refractivity contribution in [3.05, 3.63) is 95.8 Å². The van der Waals surface area contributed by atoms with E-state index in [1.807, 2.05) is 12.1 Å². The van der Waals surface area contributed by atoms with Gasteiger partial charge in [0, 0.05) is 41.2 Å². The molecular formula is C25H22N2O2S. The quantitative estimate of drug-likeness (QED) is 0.422. The number of aryl methyl sites for hydroxylation is 1. The van der Waals surface area contributed by atoms with Gasteiger partial charge in [0.25, 0.3) is 0 Å². The molecule has 5 heteroatoms. The molecule has 0 amide bonds. The van der Waals surface area contributed by atoms with E-state index in [-0.39, 0.29) is 11.7 Å². The highest BCUT2D eigenvalue weighted by Crippen LogP contribution is 2.46. The molecule has 0 aliphatic carbocycles. The van der Waals surface area contributed by atoms with E-state index in [0.29, 0.717) is 5.75 Å². The van der Waals surface area contributed by atoms with Gasteiger partial charge in [0.05, 0.1) is 7.11 Å². The molecule has 0 radical (unpaired) electrons. The van der Waals surface area contributed by atoms with Crippen molar-refractivity contribution in [3.8, 4) is 11.5 Å². The molecule has 2 heterocycles. The largest absolute Gasteiger partial charge is 0.504 e. The molecule has 1 aliphatic heterocycles. The molecule has 1 atom stereocenters. The lowest BCUT2D eigenvalue weighted by Crippen LogP contribution is -2.11. The van der Waals surface area contributed by atoms with Crippen LogP contribution in [-0.2, 0) is 7.05 Å². The number of allylic oxidation sites excluding steroid dienone is 1. The average Bonchev–Trinajstić information content (AvgIpc) is 3.11. The van der Waals surface area contributed by atoms with E-state index in [9.17, 15) is 5.11 Å². The minimum Gasteiger partial charge on any atom is -0.504 e. The van der Waals surface area contributed by atoms with Crippen molar-refractivity contribution in [3.63, 3.8) is 0 Å². The van der Waals surface area contributed by atoms with Crippen LogP contribution in [0.2, 0.25) is 0 Å². The molecule has 1 aromatic heterocycles. The zero-order valence-electron chi connectivity index (χ0n) is 16.8. The second-order valence-corrected chi connectivity index (χ2v) is 8.27. The number of ether oxygens (including phenoxy) is 1. The van der Waals surface area contributed by atoms with Crippen LogP contribution < -0.4 is 9.46 Å². The van der Waals surface area contributed by atoms with Crippen LogP contribution in [0.3, 0.4) is 0 Å². The van der Waals surface area contributed by atoms with Crippen molar-refractivity contribution >= 4 is 28.4 Å². The van der Waals surface area contributed by atoms with Gasteiger partial charge in [0.15, 0.2) is 11.5 Å². The maximum absolute atomic E-state index is 10.2. The van der Waals surface area contributed by atoms with Crippen LogP contribution in [0.4, 0.5) is 0 Å². The summed E-state index contributed by atoms with van der Waals surface area (Å²) in [6.45, 7) is 0. The maximum Gasteiger partial charge on any atom is 0.160 e. The second kappa shape index (κ2) is 7.50. The number of phenols is 1. The van der Waals surface area contributed by atoms with Crippen LogP contribution in [0.5, 0.6) is 11.5 Å². The number of nitrogens with one attached hydrogen (secondary N) is 1. The molecule has 1 aliphatic rings. The fourth-order valence-corrected chi connectivity index (χ4v) is 5.03. The molecule has 150 valence electrons. The maximum atomic E-state index is 10.2. The van der Waals surface area contributed by atoms with Crippen LogP contribution in [-0.4, -0.2) is 16.8 Å². The van der Waals surface area contributed by atoms with Gasteiger partial charge in [-0.15, -0.1) is 0 Å². The number of aromatic hydroxyl groups is 1. The zero-order valence-corrected chi connectivity index (χ0v) is 17.6. The fourth-order valence-electron chi connectivity index (χ4n) is 4.27. The second-order valence-electron chi connectivity index (χ2n) is 7.39. The van der Waals surface area contributed by atoms with Gasteiger partial charge in [-0.1, -0.05) is 42.5 Å². The fraction of sp³-hybridized carbons (Fsp3) is 0.120. The first-order chi connectivity index (χ1) is 14.7. The number of hydrogen-bond donors (Lipinski definition) is 2. The van der Waals surface area contributed by atoms with Gasteiger partial charge in [0.2, 0.25) is 0 Å². The third-order valence-corrected chi connectivity index (χ3v) is 6.48. The van der Waals surface area contributed by atoms with E-state index < -0.39 is 0 Å². The summed E-state index contributed by atoms with van der Waals surface area (Å²) in [7, 11) is 3.66. The third-order valence-electron chi connectivity index (χ3n) is 5.67. The van der Waals surface area contributed by atoms with Crippen LogP contribution in [0.1, 0.15) is 22.6 Å². The number of benzene rings is 3. The van der Waals surface area contributed by atoms with Crippen molar-refractivity contribution in [1.29, 1.82) is 0 Å². The lowest BCUT2D eigenvalue weighted by Gasteiger charge is -2.26. The summed E-state index contributed by atoms with van der Waals surface area (Å²) in [5.41, 5.74) is 5.88. The van der Waals surface area contributed by atoms with Gasteiger partial charge in [-0.2, -0.15) is 0 Å². The molecular weight excluding hydrogens is 392 g/mol. The van der Waals surface area contributed by atoms with Crippen LogP contribution in [0, 0.1) is 0 Å². The predicted molar refractivity (Wildman–Crippen MR) is 123 cm³/mol. The summed E-state index contributed by atoms with van der Waals surface area (Å²) in [6.07, 6.45) is 4.30. The molecule has 4 nitrogen and oxygen atoms in total. The van der Waals surface area contributed by atoms with Gasteiger partial charge >= 0.3 is 0 Å². The SMILES string of the molecule is COc1cc(C(C2=CNSc3ccccc32)c2cn(C)c3ccccc23)ccc1O. The van der Waals surface area contributed by atoms with Gasteiger partial charge in [0.1, 0.15) is 0 Å². The zero-order chi connectivity index (χ0) is 20.7. The Bertz CT molecular complexity index is 1280. The average molecular weight is 415 g/mol. The Morgan fingerprint density at radius 1 is 1.03 bits per heavy atom. The highest BCUT2D eigenvalue weighted by molar-refractivity contribution is 7.97. The molecule has 0 spiro atoms. The number of nitrogens with zero attached hydrogens (tertiary/aromatic N) is 1. The van der Waals surface area contributed by atoms with Gasteiger partial charge in [-0.05, 0) is 58.5 Å². The summed E-state index contributed by atoms with van der Waals surface area (Å²) in [5.74, 6) is 0.592. The van der Waals surface area contributed by atoms with Crippen molar-refractivity contribution < 1.29 is 9.84 Å². The van der Waals surface area contributed by atoms with E-state index in [1.165, 1.54) is 32.5 Å². The highest BCUT2D eigenvalue weighted by Gasteiger charge is 2.28.